The van der Waals surface area contributed by atoms with Crippen LogP contribution in [0.1, 0.15) is 20.9 Å². The van der Waals surface area contributed by atoms with Gasteiger partial charge in [-0.15, -0.1) is 22.7 Å². The number of rotatable bonds is 4. The number of aryl methyl sites for hydroxylation is 1. The molecule has 4 rings (SSSR count). The minimum absolute atomic E-state index is 0.171. The van der Waals surface area contributed by atoms with Crippen LogP contribution in [0, 0.1) is 6.92 Å². The van der Waals surface area contributed by atoms with Gasteiger partial charge in [0.05, 0.1) is 23.8 Å². The fraction of sp³-hybridized carbons (Fsp3) is 0.556. The van der Waals surface area contributed by atoms with Gasteiger partial charge in [0.1, 0.15) is 0 Å². The van der Waals surface area contributed by atoms with E-state index in [1.165, 1.54) is 11.3 Å². The largest absolute Gasteiger partial charge is 0.379 e. The van der Waals surface area contributed by atoms with Crippen LogP contribution in [0.4, 0.5) is 5.13 Å². The summed E-state index contributed by atoms with van der Waals surface area (Å²) in [5.41, 5.74) is 2.22. The van der Waals surface area contributed by atoms with Gasteiger partial charge in [-0.25, -0.2) is 4.98 Å². The third-order valence-electron chi connectivity index (χ3n) is 4.92. The number of thiophene rings is 1. The molecule has 26 heavy (non-hydrogen) atoms. The smallest absolute Gasteiger partial charge is 0.264 e. The number of nitrogens with zero attached hydrogens (tertiary/aromatic N) is 4. The lowest BCUT2D eigenvalue weighted by Gasteiger charge is -2.34. The maximum Gasteiger partial charge on any atom is 0.264 e. The first-order chi connectivity index (χ1) is 12.7. The first-order valence-electron chi connectivity index (χ1n) is 9.03. The fourth-order valence-electron chi connectivity index (χ4n) is 3.34. The molecule has 0 atom stereocenters. The Morgan fingerprint density at radius 2 is 1.92 bits per heavy atom. The van der Waals surface area contributed by atoms with E-state index in [1.807, 2.05) is 23.3 Å². The zero-order valence-electron chi connectivity index (χ0n) is 15.0. The predicted octanol–water partition coefficient (Wildman–Crippen LogP) is 2.31. The van der Waals surface area contributed by atoms with Gasteiger partial charge in [0.25, 0.3) is 5.91 Å². The van der Waals surface area contributed by atoms with E-state index in [9.17, 15) is 4.79 Å². The number of aromatic nitrogens is 1. The van der Waals surface area contributed by atoms with Crippen LogP contribution in [-0.4, -0.2) is 73.2 Å². The van der Waals surface area contributed by atoms with Crippen LogP contribution >= 0.6 is 22.7 Å². The van der Waals surface area contributed by atoms with E-state index in [0.717, 1.165) is 80.3 Å². The van der Waals surface area contributed by atoms with Crippen LogP contribution in [0.5, 0.6) is 0 Å². The molecule has 0 N–H and O–H groups in total. The number of piperazine rings is 1. The zero-order valence-corrected chi connectivity index (χ0v) is 16.7. The van der Waals surface area contributed by atoms with Crippen molar-refractivity contribution >= 4 is 33.7 Å². The van der Waals surface area contributed by atoms with Crippen molar-refractivity contribution in [3.63, 3.8) is 0 Å². The van der Waals surface area contributed by atoms with E-state index in [2.05, 4.69) is 15.2 Å². The van der Waals surface area contributed by atoms with Gasteiger partial charge in [0.15, 0.2) is 5.13 Å². The molecule has 2 saturated heterocycles. The normalized spacial score (nSPS) is 19.1. The quantitative estimate of drug-likeness (QED) is 0.799. The molecule has 8 heteroatoms. The Labute approximate surface area is 162 Å². The van der Waals surface area contributed by atoms with E-state index >= 15 is 0 Å². The van der Waals surface area contributed by atoms with Gasteiger partial charge in [-0.2, -0.15) is 0 Å². The summed E-state index contributed by atoms with van der Waals surface area (Å²) in [5.74, 6) is 0.171. The van der Waals surface area contributed by atoms with Crippen LogP contribution in [0.2, 0.25) is 0 Å². The third kappa shape index (κ3) is 3.93. The number of hydrogen-bond acceptors (Lipinski definition) is 7. The van der Waals surface area contributed by atoms with Crippen molar-refractivity contribution in [2.45, 2.75) is 13.5 Å². The summed E-state index contributed by atoms with van der Waals surface area (Å²) in [6, 6.07) is 2.01. The van der Waals surface area contributed by atoms with E-state index in [4.69, 9.17) is 9.72 Å². The Morgan fingerprint density at radius 1 is 1.15 bits per heavy atom. The molecule has 2 aromatic rings. The van der Waals surface area contributed by atoms with Crippen LogP contribution in [-0.2, 0) is 11.3 Å². The summed E-state index contributed by atoms with van der Waals surface area (Å²) in [4.78, 5) is 25.0. The highest BCUT2D eigenvalue weighted by Gasteiger charge is 2.25. The lowest BCUT2D eigenvalue weighted by atomic mass is 10.2. The lowest BCUT2D eigenvalue weighted by molar-refractivity contribution is 0.0337. The van der Waals surface area contributed by atoms with E-state index in [-0.39, 0.29) is 5.91 Å². The van der Waals surface area contributed by atoms with Crippen LogP contribution in [0.25, 0.3) is 0 Å². The number of ether oxygens (including phenoxy) is 1. The topological polar surface area (TPSA) is 48.9 Å². The molecule has 140 valence electrons. The highest BCUT2D eigenvalue weighted by molar-refractivity contribution is 7.13. The Morgan fingerprint density at radius 3 is 2.62 bits per heavy atom. The molecule has 0 radical (unpaired) electrons. The molecule has 2 aliphatic heterocycles. The summed E-state index contributed by atoms with van der Waals surface area (Å²) >= 11 is 3.25. The van der Waals surface area contributed by atoms with Crippen molar-refractivity contribution in [3.8, 4) is 0 Å². The molecule has 0 bridgehead atoms. The number of amides is 1. The van der Waals surface area contributed by atoms with Gasteiger partial charge < -0.3 is 14.5 Å². The molecule has 2 aliphatic rings. The second-order valence-electron chi connectivity index (χ2n) is 6.72. The zero-order chi connectivity index (χ0) is 17.9. The van der Waals surface area contributed by atoms with Crippen LogP contribution < -0.4 is 4.90 Å². The van der Waals surface area contributed by atoms with E-state index < -0.39 is 0 Å². The Bertz CT molecular complexity index is 746. The molecular formula is C18H24N4O2S2. The molecule has 2 aromatic heterocycles. The summed E-state index contributed by atoms with van der Waals surface area (Å²) in [5, 5.41) is 5.23. The number of hydrogen-bond donors (Lipinski definition) is 0. The van der Waals surface area contributed by atoms with Gasteiger partial charge in [-0.3, -0.25) is 9.69 Å². The number of anilines is 1. The average Bonchev–Trinajstić information content (AvgIpc) is 3.31. The molecule has 1 amide bonds. The van der Waals surface area contributed by atoms with Gasteiger partial charge in [0.2, 0.25) is 0 Å². The molecule has 2 fully saturated rings. The van der Waals surface area contributed by atoms with Crippen LogP contribution in [0.3, 0.4) is 0 Å². The second-order valence-corrected chi connectivity index (χ2v) is 8.47. The van der Waals surface area contributed by atoms with Gasteiger partial charge in [-0.1, -0.05) is 0 Å². The highest BCUT2D eigenvalue weighted by atomic mass is 32.1. The van der Waals surface area contributed by atoms with Crippen molar-refractivity contribution in [1.29, 1.82) is 0 Å². The van der Waals surface area contributed by atoms with Crippen molar-refractivity contribution in [2.24, 2.45) is 0 Å². The van der Waals surface area contributed by atoms with Crippen LogP contribution in [0.15, 0.2) is 16.8 Å². The minimum atomic E-state index is 0.171. The van der Waals surface area contributed by atoms with Gasteiger partial charge >= 0.3 is 0 Å². The predicted molar refractivity (Wildman–Crippen MR) is 105 cm³/mol. The molecular weight excluding hydrogens is 368 g/mol. The molecule has 0 aliphatic carbocycles. The molecule has 4 heterocycles. The average molecular weight is 393 g/mol. The minimum Gasteiger partial charge on any atom is -0.379 e. The fourth-order valence-corrected chi connectivity index (χ4v) is 5.10. The Hall–Kier alpha value is -1.48. The summed E-state index contributed by atoms with van der Waals surface area (Å²) in [6.45, 7) is 9.71. The third-order valence-corrected chi connectivity index (χ3v) is 6.88. The Kier molecular flexibility index (Phi) is 5.54. The molecule has 0 spiro atoms. The summed E-state index contributed by atoms with van der Waals surface area (Å²) < 4.78 is 5.40. The molecule has 0 saturated carbocycles. The summed E-state index contributed by atoms with van der Waals surface area (Å²) in [7, 11) is 0. The molecule has 0 aromatic carbocycles. The summed E-state index contributed by atoms with van der Waals surface area (Å²) in [6.07, 6.45) is 0. The van der Waals surface area contributed by atoms with E-state index in [1.54, 1.807) is 11.3 Å². The van der Waals surface area contributed by atoms with Crippen molar-refractivity contribution < 1.29 is 9.53 Å². The highest BCUT2D eigenvalue weighted by Crippen LogP contribution is 2.24. The second kappa shape index (κ2) is 8.04. The number of carbonyl (C=O) groups is 1. The van der Waals surface area contributed by atoms with Gasteiger partial charge in [-0.05, 0) is 23.9 Å². The first-order valence-corrected chi connectivity index (χ1v) is 10.8. The molecule has 0 unspecified atom stereocenters. The monoisotopic (exact) mass is 392 g/mol. The van der Waals surface area contributed by atoms with Crippen molar-refractivity contribution in [1.82, 2.24) is 14.8 Å². The first kappa shape index (κ1) is 17.9. The number of carbonyl (C=O) groups excluding carboxylic acids is 1. The van der Waals surface area contributed by atoms with Crippen molar-refractivity contribution in [3.05, 3.63) is 33.0 Å². The lowest BCUT2D eigenvalue weighted by Crippen LogP contribution is -2.48. The maximum absolute atomic E-state index is 12.6. The Balaban J connectivity index is 1.32. The van der Waals surface area contributed by atoms with Gasteiger partial charge in [0, 0.05) is 51.2 Å². The standard InChI is InChI=1S/C18H24N4O2S2/c1-14-2-11-25-16(14)17(23)21-3-5-22(6-4-21)18-19-15(13-26-18)12-20-7-9-24-10-8-20/h2,11,13H,3-10,12H2,1H3. The molecule has 6 nitrogen and oxygen atoms in total. The number of morpholine rings is 1. The number of thiazole rings is 1. The SMILES string of the molecule is Cc1ccsc1C(=O)N1CCN(c2nc(CN3CCOCC3)cs2)CC1. The maximum atomic E-state index is 12.6. The van der Waals surface area contributed by atoms with E-state index in [0.29, 0.717) is 0 Å². The van der Waals surface area contributed by atoms with Crippen molar-refractivity contribution in [2.75, 3.05) is 57.4 Å².